The summed E-state index contributed by atoms with van der Waals surface area (Å²) in [6.45, 7) is 0.614. The summed E-state index contributed by atoms with van der Waals surface area (Å²) in [7, 11) is 0. The predicted molar refractivity (Wildman–Crippen MR) is 84.5 cm³/mol. The van der Waals surface area contributed by atoms with Gasteiger partial charge in [-0.1, -0.05) is 12.1 Å². The zero-order valence-corrected chi connectivity index (χ0v) is 13.7. The fraction of sp³-hybridized carbons (Fsp3) is 0.533. The SMILES string of the molecule is CSc1cccc(CNC(=O)N2CCN(CC(F)(F)F)CC2)c1. The monoisotopic (exact) mass is 347 g/mol. The summed E-state index contributed by atoms with van der Waals surface area (Å²) >= 11 is 1.63. The molecule has 0 saturated carbocycles. The van der Waals surface area contributed by atoms with Crippen LogP contribution in [0.4, 0.5) is 18.0 Å². The van der Waals surface area contributed by atoms with Crippen LogP contribution in [0.2, 0.25) is 0 Å². The van der Waals surface area contributed by atoms with Crippen LogP contribution in [0.25, 0.3) is 0 Å². The first-order chi connectivity index (χ1) is 10.9. The molecule has 0 aromatic heterocycles. The summed E-state index contributed by atoms with van der Waals surface area (Å²) in [5, 5.41) is 2.82. The van der Waals surface area contributed by atoms with Gasteiger partial charge in [0, 0.05) is 37.6 Å². The molecule has 1 saturated heterocycles. The summed E-state index contributed by atoms with van der Waals surface area (Å²) in [6.07, 6.45) is -2.20. The molecule has 1 fully saturated rings. The Morgan fingerprint density at radius 2 is 1.96 bits per heavy atom. The molecule has 0 aliphatic carbocycles. The van der Waals surface area contributed by atoms with E-state index in [4.69, 9.17) is 0 Å². The average Bonchev–Trinajstić information content (AvgIpc) is 2.52. The number of carbonyl (C=O) groups is 1. The quantitative estimate of drug-likeness (QED) is 0.851. The molecule has 1 aromatic carbocycles. The van der Waals surface area contributed by atoms with Crippen molar-refractivity contribution < 1.29 is 18.0 Å². The van der Waals surface area contributed by atoms with E-state index in [0.717, 1.165) is 10.5 Å². The van der Waals surface area contributed by atoms with Gasteiger partial charge in [0.2, 0.25) is 0 Å². The maximum Gasteiger partial charge on any atom is 0.401 e. The highest BCUT2D eigenvalue weighted by Gasteiger charge is 2.32. The molecule has 0 spiro atoms. The van der Waals surface area contributed by atoms with Gasteiger partial charge in [-0.3, -0.25) is 4.90 Å². The Bertz CT molecular complexity index is 531. The van der Waals surface area contributed by atoms with Crippen molar-refractivity contribution in [1.29, 1.82) is 0 Å². The number of urea groups is 1. The molecular weight excluding hydrogens is 327 g/mol. The molecule has 23 heavy (non-hydrogen) atoms. The molecule has 4 nitrogen and oxygen atoms in total. The molecule has 0 bridgehead atoms. The number of hydrogen-bond acceptors (Lipinski definition) is 3. The van der Waals surface area contributed by atoms with Crippen LogP contribution in [0.1, 0.15) is 5.56 Å². The van der Waals surface area contributed by atoms with Crippen molar-refractivity contribution in [1.82, 2.24) is 15.1 Å². The second kappa shape index (κ2) is 7.92. The first-order valence-electron chi connectivity index (χ1n) is 7.32. The third kappa shape index (κ3) is 5.95. The van der Waals surface area contributed by atoms with Gasteiger partial charge in [-0.2, -0.15) is 13.2 Å². The third-order valence-electron chi connectivity index (χ3n) is 3.64. The van der Waals surface area contributed by atoms with E-state index in [1.807, 2.05) is 30.5 Å². The lowest BCUT2D eigenvalue weighted by Gasteiger charge is -2.34. The number of thioether (sulfide) groups is 1. The lowest BCUT2D eigenvalue weighted by molar-refractivity contribution is -0.148. The zero-order chi connectivity index (χ0) is 16.9. The van der Waals surface area contributed by atoms with Gasteiger partial charge in [0.25, 0.3) is 0 Å². The Morgan fingerprint density at radius 3 is 2.57 bits per heavy atom. The van der Waals surface area contributed by atoms with Crippen molar-refractivity contribution in [3.05, 3.63) is 29.8 Å². The Labute approximate surface area is 138 Å². The number of benzene rings is 1. The van der Waals surface area contributed by atoms with Crippen molar-refractivity contribution in [2.24, 2.45) is 0 Å². The highest BCUT2D eigenvalue weighted by atomic mass is 32.2. The lowest BCUT2D eigenvalue weighted by Crippen LogP contribution is -2.53. The first-order valence-corrected chi connectivity index (χ1v) is 8.54. The van der Waals surface area contributed by atoms with E-state index in [2.05, 4.69) is 5.32 Å². The molecule has 1 aliphatic rings. The number of piperazine rings is 1. The van der Waals surface area contributed by atoms with Crippen LogP contribution in [-0.4, -0.2) is 61.0 Å². The van der Waals surface area contributed by atoms with Gasteiger partial charge in [0.1, 0.15) is 0 Å². The van der Waals surface area contributed by atoms with Gasteiger partial charge in [-0.05, 0) is 24.0 Å². The van der Waals surface area contributed by atoms with Crippen molar-refractivity contribution in [3.8, 4) is 0 Å². The number of carbonyl (C=O) groups excluding carboxylic acids is 1. The van der Waals surface area contributed by atoms with E-state index < -0.39 is 12.7 Å². The molecule has 0 unspecified atom stereocenters. The standard InChI is InChI=1S/C15H20F3N3OS/c1-23-13-4-2-3-12(9-13)10-19-14(22)21-7-5-20(6-8-21)11-15(16,17)18/h2-4,9H,5-8,10-11H2,1H3,(H,19,22). The van der Waals surface area contributed by atoms with Crippen molar-refractivity contribution >= 4 is 17.8 Å². The minimum Gasteiger partial charge on any atom is -0.334 e. The molecular formula is C15H20F3N3OS. The van der Waals surface area contributed by atoms with E-state index in [-0.39, 0.29) is 19.1 Å². The summed E-state index contributed by atoms with van der Waals surface area (Å²) in [4.78, 5) is 16.1. The van der Waals surface area contributed by atoms with Crippen molar-refractivity contribution in [3.63, 3.8) is 0 Å². The summed E-state index contributed by atoms with van der Waals surface area (Å²) < 4.78 is 37.0. The minimum atomic E-state index is -4.19. The summed E-state index contributed by atoms with van der Waals surface area (Å²) in [6, 6.07) is 7.64. The molecule has 1 aromatic rings. The number of amides is 2. The second-order valence-electron chi connectivity index (χ2n) is 5.39. The van der Waals surface area contributed by atoms with Crippen LogP contribution in [0.15, 0.2) is 29.2 Å². The molecule has 128 valence electrons. The highest BCUT2D eigenvalue weighted by Crippen LogP contribution is 2.18. The molecule has 1 aliphatic heterocycles. The lowest BCUT2D eigenvalue weighted by atomic mass is 10.2. The first kappa shape index (κ1) is 17.9. The van der Waals surface area contributed by atoms with E-state index >= 15 is 0 Å². The van der Waals surface area contributed by atoms with Crippen molar-refractivity contribution in [2.75, 3.05) is 39.0 Å². The van der Waals surface area contributed by atoms with Crippen LogP contribution in [0.5, 0.6) is 0 Å². The molecule has 1 heterocycles. The van der Waals surface area contributed by atoms with E-state index in [1.165, 1.54) is 4.90 Å². The highest BCUT2D eigenvalue weighted by molar-refractivity contribution is 7.98. The van der Waals surface area contributed by atoms with Crippen LogP contribution >= 0.6 is 11.8 Å². The van der Waals surface area contributed by atoms with E-state index in [9.17, 15) is 18.0 Å². The maximum absolute atomic E-state index is 12.3. The summed E-state index contributed by atoms with van der Waals surface area (Å²) in [5.74, 6) is 0. The third-order valence-corrected chi connectivity index (χ3v) is 4.37. The Kier molecular flexibility index (Phi) is 6.17. The van der Waals surface area contributed by atoms with Crippen LogP contribution in [0.3, 0.4) is 0 Å². The summed E-state index contributed by atoms with van der Waals surface area (Å²) in [5.41, 5.74) is 1.00. The van der Waals surface area contributed by atoms with Crippen molar-refractivity contribution in [2.45, 2.75) is 17.6 Å². The topological polar surface area (TPSA) is 35.6 Å². The van der Waals surface area contributed by atoms with Crippen LogP contribution in [-0.2, 0) is 6.54 Å². The second-order valence-corrected chi connectivity index (χ2v) is 6.27. The fourth-order valence-corrected chi connectivity index (χ4v) is 2.92. The van der Waals surface area contributed by atoms with E-state index in [1.54, 1.807) is 16.7 Å². The smallest absolute Gasteiger partial charge is 0.334 e. The van der Waals surface area contributed by atoms with Crippen LogP contribution in [0, 0.1) is 0 Å². The number of rotatable bonds is 4. The largest absolute Gasteiger partial charge is 0.401 e. The van der Waals surface area contributed by atoms with Crippen LogP contribution < -0.4 is 5.32 Å². The molecule has 2 amide bonds. The zero-order valence-electron chi connectivity index (χ0n) is 12.9. The van der Waals surface area contributed by atoms with E-state index in [0.29, 0.717) is 19.6 Å². The number of nitrogens with zero attached hydrogens (tertiary/aromatic N) is 2. The Balaban J connectivity index is 1.76. The molecule has 8 heteroatoms. The fourth-order valence-electron chi connectivity index (χ4n) is 2.43. The van der Waals surface area contributed by atoms with Gasteiger partial charge in [-0.15, -0.1) is 11.8 Å². The normalized spacial score (nSPS) is 16.4. The van der Waals surface area contributed by atoms with Gasteiger partial charge < -0.3 is 10.2 Å². The number of halogens is 3. The number of alkyl halides is 3. The minimum absolute atomic E-state index is 0.230. The number of nitrogens with one attached hydrogen (secondary N) is 1. The molecule has 0 radical (unpaired) electrons. The predicted octanol–water partition coefficient (Wildman–Crippen LogP) is 2.80. The van der Waals surface area contributed by atoms with Gasteiger partial charge >= 0.3 is 12.2 Å². The van der Waals surface area contributed by atoms with Gasteiger partial charge in [0.05, 0.1) is 6.54 Å². The average molecular weight is 347 g/mol. The molecule has 2 rings (SSSR count). The van der Waals surface area contributed by atoms with Gasteiger partial charge in [-0.25, -0.2) is 4.79 Å². The Morgan fingerprint density at radius 1 is 1.26 bits per heavy atom. The van der Waals surface area contributed by atoms with Gasteiger partial charge in [0.15, 0.2) is 0 Å². The number of hydrogen-bond donors (Lipinski definition) is 1. The Hall–Kier alpha value is -1.41. The maximum atomic E-state index is 12.3. The molecule has 1 N–H and O–H groups in total. The molecule has 0 atom stereocenters.